The molecule has 1 aliphatic heterocycles. The van der Waals surface area contributed by atoms with Crippen molar-refractivity contribution in [2.75, 3.05) is 25.0 Å². The number of ether oxygens (including phenoxy) is 1. The van der Waals surface area contributed by atoms with Gasteiger partial charge in [0.1, 0.15) is 11.3 Å². The topological polar surface area (TPSA) is 125 Å². The Labute approximate surface area is 213 Å². The first-order chi connectivity index (χ1) is 18.2. The molecule has 1 atom stereocenters. The highest BCUT2D eigenvalue weighted by atomic mass is 19.4. The van der Waals surface area contributed by atoms with Crippen LogP contribution < -0.4 is 15.7 Å². The van der Waals surface area contributed by atoms with Crippen LogP contribution in [0.4, 0.5) is 23.9 Å². The Kier molecular flexibility index (Phi) is 6.66. The summed E-state index contributed by atoms with van der Waals surface area (Å²) < 4.78 is 44.9. The summed E-state index contributed by atoms with van der Waals surface area (Å²) in [6.07, 6.45) is -3.78. The van der Waals surface area contributed by atoms with Crippen molar-refractivity contribution in [2.45, 2.75) is 19.3 Å². The number of carbonyl (C=O) groups is 1. The lowest BCUT2D eigenvalue weighted by Crippen LogP contribution is -2.28. The molecule has 38 heavy (non-hydrogen) atoms. The first kappa shape index (κ1) is 25.1. The summed E-state index contributed by atoms with van der Waals surface area (Å²) in [5.74, 6) is -0.138. The van der Waals surface area contributed by atoms with Crippen LogP contribution >= 0.6 is 0 Å². The van der Waals surface area contributed by atoms with E-state index >= 15 is 0 Å². The molecule has 0 saturated carbocycles. The standard InChI is InChI=1S/C25H23F3N6O4/c26-25(27,28)38-20-7-6-17(16-4-2-1-3-5-16)10-18(20)14-34-21-19(31-23(34)35)12-30-22(32-21)29-11-15-8-9-33(13-15)24(36)37/h1-7,10,12,15H,8-9,11,13-14H2,(H,31,35)(H,36,37)(H,29,30,32). The number of carboxylic acid groups (broad SMARTS) is 1. The fourth-order valence-electron chi connectivity index (χ4n) is 4.49. The number of hydrogen-bond acceptors (Lipinski definition) is 6. The molecule has 2 aromatic heterocycles. The van der Waals surface area contributed by atoms with Crippen LogP contribution in [-0.2, 0) is 6.54 Å². The molecule has 1 amide bonds. The SMILES string of the molecule is O=C(O)N1CCC(CNc2ncc3[nH]c(=O)n(Cc4cc(-c5ccccc5)ccc4OC(F)(F)F)c3n2)C1. The van der Waals surface area contributed by atoms with E-state index in [1.165, 1.54) is 27.8 Å². The number of fused-ring (bicyclic) bond motifs is 1. The molecule has 0 aliphatic carbocycles. The Balaban J connectivity index is 1.44. The van der Waals surface area contributed by atoms with Crippen molar-refractivity contribution in [3.05, 3.63) is 70.8 Å². The van der Waals surface area contributed by atoms with Gasteiger partial charge in [0.2, 0.25) is 5.95 Å². The molecule has 3 heterocycles. The van der Waals surface area contributed by atoms with Gasteiger partial charge >= 0.3 is 18.1 Å². The van der Waals surface area contributed by atoms with Gasteiger partial charge in [-0.2, -0.15) is 4.98 Å². The van der Waals surface area contributed by atoms with Crippen LogP contribution in [0.15, 0.2) is 59.5 Å². The van der Waals surface area contributed by atoms with E-state index in [4.69, 9.17) is 5.11 Å². The van der Waals surface area contributed by atoms with Crippen molar-refractivity contribution in [1.82, 2.24) is 24.4 Å². The second-order valence-corrected chi connectivity index (χ2v) is 8.95. The number of aromatic nitrogens is 4. The van der Waals surface area contributed by atoms with E-state index in [-0.39, 0.29) is 29.6 Å². The lowest BCUT2D eigenvalue weighted by Gasteiger charge is -2.15. The van der Waals surface area contributed by atoms with Crippen molar-refractivity contribution in [2.24, 2.45) is 5.92 Å². The molecule has 0 radical (unpaired) electrons. The minimum Gasteiger partial charge on any atom is -0.465 e. The summed E-state index contributed by atoms with van der Waals surface area (Å²) in [7, 11) is 0. The fourth-order valence-corrected chi connectivity index (χ4v) is 4.49. The van der Waals surface area contributed by atoms with Gasteiger partial charge in [-0.3, -0.25) is 4.57 Å². The van der Waals surface area contributed by atoms with E-state index in [1.807, 2.05) is 30.3 Å². The molecule has 198 valence electrons. The largest absolute Gasteiger partial charge is 0.573 e. The quantitative estimate of drug-likeness (QED) is 0.329. The van der Waals surface area contributed by atoms with Gasteiger partial charge in [-0.25, -0.2) is 14.6 Å². The predicted octanol–water partition coefficient (Wildman–Crippen LogP) is 4.15. The average molecular weight is 528 g/mol. The van der Waals surface area contributed by atoms with Gasteiger partial charge in [0.15, 0.2) is 5.65 Å². The number of likely N-dealkylation sites (tertiary alicyclic amines) is 1. The lowest BCUT2D eigenvalue weighted by atomic mass is 10.0. The number of aromatic amines is 1. The first-order valence-corrected chi connectivity index (χ1v) is 11.8. The van der Waals surface area contributed by atoms with E-state index in [0.717, 1.165) is 5.56 Å². The molecule has 1 unspecified atom stereocenters. The van der Waals surface area contributed by atoms with Gasteiger partial charge in [0.05, 0.1) is 12.7 Å². The second-order valence-electron chi connectivity index (χ2n) is 8.95. The Morgan fingerprint density at radius 3 is 2.68 bits per heavy atom. The van der Waals surface area contributed by atoms with E-state index < -0.39 is 23.9 Å². The zero-order valence-electron chi connectivity index (χ0n) is 19.9. The number of amides is 1. The Morgan fingerprint density at radius 2 is 1.97 bits per heavy atom. The van der Waals surface area contributed by atoms with Crippen LogP contribution in [0.5, 0.6) is 5.75 Å². The molecule has 5 rings (SSSR count). The molecule has 3 N–H and O–H groups in total. The van der Waals surface area contributed by atoms with Crippen LogP contribution in [0.3, 0.4) is 0 Å². The molecule has 13 heteroatoms. The van der Waals surface area contributed by atoms with Crippen molar-refractivity contribution in [3.63, 3.8) is 0 Å². The molecule has 2 aromatic carbocycles. The number of nitrogens with zero attached hydrogens (tertiary/aromatic N) is 4. The van der Waals surface area contributed by atoms with Gasteiger partial charge in [0.25, 0.3) is 0 Å². The maximum atomic E-state index is 13.1. The third-order valence-electron chi connectivity index (χ3n) is 6.34. The van der Waals surface area contributed by atoms with Crippen molar-refractivity contribution in [1.29, 1.82) is 0 Å². The Morgan fingerprint density at radius 1 is 1.18 bits per heavy atom. The zero-order valence-corrected chi connectivity index (χ0v) is 19.9. The van der Waals surface area contributed by atoms with Crippen LogP contribution in [0.25, 0.3) is 22.3 Å². The maximum Gasteiger partial charge on any atom is 0.573 e. The number of nitrogens with one attached hydrogen (secondary N) is 2. The second kappa shape index (κ2) is 10.1. The lowest BCUT2D eigenvalue weighted by molar-refractivity contribution is -0.274. The number of hydrogen-bond donors (Lipinski definition) is 3. The van der Waals surface area contributed by atoms with Crippen LogP contribution in [0.1, 0.15) is 12.0 Å². The molecular formula is C25H23F3N6O4. The fraction of sp³-hybridized carbons (Fsp3) is 0.280. The monoisotopic (exact) mass is 528 g/mol. The zero-order chi connectivity index (χ0) is 26.9. The van der Waals surface area contributed by atoms with Crippen molar-refractivity contribution >= 4 is 23.2 Å². The van der Waals surface area contributed by atoms with Crippen LogP contribution in [0, 0.1) is 5.92 Å². The van der Waals surface area contributed by atoms with E-state index in [2.05, 4.69) is 25.0 Å². The third-order valence-corrected chi connectivity index (χ3v) is 6.34. The number of imidazole rings is 1. The van der Waals surface area contributed by atoms with Crippen molar-refractivity contribution < 1.29 is 27.8 Å². The Bertz CT molecular complexity index is 1520. The predicted molar refractivity (Wildman–Crippen MR) is 132 cm³/mol. The highest BCUT2D eigenvalue weighted by Gasteiger charge is 2.32. The van der Waals surface area contributed by atoms with Gasteiger partial charge in [0, 0.05) is 25.2 Å². The summed E-state index contributed by atoms with van der Waals surface area (Å²) in [5.41, 5.74) is 1.54. The Hall–Kier alpha value is -4.55. The summed E-state index contributed by atoms with van der Waals surface area (Å²) in [4.78, 5) is 36.5. The molecule has 1 aliphatic rings. The highest BCUT2D eigenvalue weighted by Crippen LogP contribution is 2.31. The number of rotatable bonds is 7. The average Bonchev–Trinajstić information content (AvgIpc) is 3.48. The highest BCUT2D eigenvalue weighted by molar-refractivity contribution is 5.71. The molecule has 1 fully saturated rings. The molecular weight excluding hydrogens is 505 g/mol. The number of anilines is 1. The van der Waals surface area contributed by atoms with Crippen LogP contribution in [0.2, 0.25) is 0 Å². The molecule has 1 saturated heterocycles. The molecule has 0 bridgehead atoms. The number of benzene rings is 2. The molecule has 10 nitrogen and oxygen atoms in total. The van der Waals surface area contributed by atoms with Gasteiger partial charge in [-0.05, 0) is 35.6 Å². The normalized spacial score (nSPS) is 15.7. The van der Waals surface area contributed by atoms with Gasteiger partial charge < -0.3 is 25.0 Å². The smallest absolute Gasteiger partial charge is 0.465 e. The summed E-state index contributed by atoms with van der Waals surface area (Å²) in [6, 6.07) is 13.4. The number of alkyl halides is 3. The van der Waals surface area contributed by atoms with E-state index in [0.29, 0.717) is 37.1 Å². The summed E-state index contributed by atoms with van der Waals surface area (Å²) >= 11 is 0. The van der Waals surface area contributed by atoms with Crippen LogP contribution in [-0.4, -0.2) is 61.6 Å². The summed E-state index contributed by atoms with van der Waals surface area (Å²) in [6.45, 7) is 1.02. The van der Waals surface area contributed by atoms with E-state index in [9.17, 15) is 22.8 Å². The minimum absolute atomic E-state index is 0.0709. The third kappa shape index (κ3) is 5.56. The number of halogens is 3. The number of H-pyrrole nitrogens is 1. The van der Waals surface area contributed by atoms with Gasteiger partial charge in [-0.1, -0.05) is 36.4 Å². The summed E-state index contributed by atoms with van der Waals surface area (Å²) in [5, 5.41) is 12.2. The van der Waals surface area contributed by atoms with E-state index in [1.54, 1.807) is 6.07 Å². The van der Waals surface area contributed by atoms with Crippen molar-refractivity contribution in [3.8, 4) is 16.9 Å². The molecule has 4 aromatic rings. The molecule has 0 spiro atoms. The van der Waals surface area contributed by atoms with Gasteiger partial charge in [-0.15, -0.1) is 13.2 Å². The first-order valence-electron chi connectivity index (χ1n) is 11.8. The maximum absolute atomic E-state index is 13.1. The minimum atomic E-state index is -4.91.